The highest BCUT2D eigenvalue weighted by Crippen LogP contribution is 2.27. The molecule has 0 fully saturated rings. The number of aromatic nitrogens is 4. The summed E-state index contributed by atoms with van der Waals surface area (Å²) < 4.78 is 5.73. The summed E-state index contributed by atoms with van der Waals surface area (Å²) in [6.45, 7) is 2.90. The van der Waals surface area contributed by atoms with Crippen molar-refractivity contribution < 1.29 is 9.84 Å². The second-order valence-corrected chi connectivity index (χ2v) is 7.13. The zero-order valence-corrected chi connectivity index (χ0v) is 17.5. The lowest BCUT2D eigenvalue weighted by Gasteiger charge is -2.08. The maximum Gasteiger partial charge on any atom is 0.146 e. The van der Waals surface area contributed by atoms with Crippen molar-refractivity contribution >= 4 is 11.0 Å². The predicted octanol–water partition coefficient (Wildman–Crippen LogP) is 5.88. The molecule has 2 aromatic heterocycles. The first-order valence-electron chi connectivity index (χ1n) is 10.6. The van der Waals surface area contributed by atoms with E-state index in [9.17, 15) is 5.11 Å². The minimum absolute atomic E-state index is 0.112. The van der Waals surface area contributed by atoms with Crippen LogP contribution in [0.25, 0.3) is 16.7 Å². The van der Waals surface area contributed by atoms with Gasteiger partial charge in [0.05, 0.1) is 6.61 Å². The first-order valence-corrected chi connectivity index (χ1v) is 10.6. The summed E-state index contributed by atoms with van der Waals surface area (Å²) in [4.78, 5) is 4.32. The van der Waals surface area contributed by atoms with E-state index in [1.807, 2.05) is 54.9 Å². The Hall–Kier alpha value is -3.28. The second-order valence-electron chi connectivity index (χ2n) is 7.13. The van der Waals surface area contributed by atoms with Crippen molar-refractivity contribution in [2.24, 2.45) is 0 Å². The van der Waals surface area contributed by atoms with E-state index in [0.717, 1.165) is 17.5 Å². The number of aromatic amines is 1. The number of benzene rings is 2. The maximum absolute atomic E-state index is 10.3. The molecule has 0 saturated heterocycles. The molecule has 0 aliphatic heterocycles. The third-order valence-corrected chi connectivity index (χ3v) is 4.71. The summed E-state index contributed by atoms with van der Waals surface area (Å²) >= 11 is 0. The zero-order valence-electron chi connectivity index (χ0n) is 17.5. The minimum atomic E-state index is 0.112. The average Bonchev–Trinajstić information content (AvgIpc) is 3.46. The van der Waals surface area contributed by atoms with Crippen LogP contribution in [0.4, 0.5) is 0 Å². The Balaban J connectivity index is 0.000000448. The van der Waals surface area contributed by atoms with Crippen LogP contribution in [0.3, 0.4) is 0 Å². The van der Waals surface area contributed by atoms with Gasteiger partial charge in [-0.1, -0.05) is 51.2 Å². The molecule has 158 valence electrons. The minimum Gasteiger partial charge on any atom is -0.505 e. The number of hydrogen-bond donors (Lipinski definition) is 2. The topological polar surface area (TPSA) is 76.0 Å². The fraction of sp³-hybridized carbons (Fsp3) is 0.333. The van der Waals surface area contributed by atoms with E-state index < -0.39 is 0 Å². The Kier molecular flexibility index (Phi) is 8.33. The molecule has 2 aromatic carbocycles. The van der Waals surface area contributed by atoms with E-state index in [4.69, 9.17) is 4.74 Å². The number of fused-ring (bicyclic) bond motifs is 1. The molecule has 0 aliphatic carbocycles. The Labute approximate surface area is 177 Å². The smallest absolute Gasteiger partial charge is 0.146 e. The molecule has 4 aromatic rings. The highest BCUT2D eigenvalue weighted by Gasteiger charge is 2.09. The van der Waals surface area contributed by atoms with E-state index >= 15 is 0 Å². The maximum atomic E-state index is 10.3. The van der Waals surface area contributed by atoms with Gasteiger partial charge >= 0.3 is 0 Å². The third kappa shape index (κ3) is 6.37. The van der Waals surface area contributed by atoms with E-state index in [-0.39, 0.29) is 5.75 Å². The number of nitrogens with one attached hydrogen (secondary N) is 1. The van der Waals surface area contributed by atoms with E-state index in [0.29, 0.717) is 18.0 Å². The van der Waals surface area contributed by atoms with Gasteiger partial charge in [0.2, 0.25) is 0 Å². The van der Waals surface area contributed by atoms with Crippen molar-refractivity contribution in [1.82, 2.24) is 20.0 Å². The van der Waals surface area contributed by atoms with E-state index in [2.05, 4.69) is 22.1 Å². The van der Waals surface area contributed by atoms with Crippen LogP contribution in [-0.2, 0) is 0 Å². The molecule has 0 atom stereocenters. The number of ether oxygens (including phenoxy) is 1. The number of aromatic hydroxyl groups is 1. The van der Waals surface area contributed by atoms with E-state index in [1.165, 1.54) is 36.9 Å². The summed E-state index contributed by atoms with van der Waals surface area (Å²) in [6.07, 6.45) is 11.1. The summed E-state index contributed by atoms with van der Waals surface area (Å²) in [5, 5.41) is 19.1. The molecule has 0 unspecified atom stereocenters. The zero-order chi connectivity index (χ0) is 21.0. The first kappa shape index (κ1) is 21.4. The summed E-state index contributed by atoms with van der Waals surface area (Å²) in [6, 6.07) is 16.8. The van der Waals surface area contributed by atoms with Crippen molar-refractivity contribution in [2.45, 2.75) is 45.4 Å². The van der Waals surface area contributed by atoms with Crippen molar-refractivity contribution in [3.05, 3.63) is 67.0 Å². The lowest BCUT2D eigenvalue weighted by Crippen LogP contribution is -2.01. The SMILES string of the molecule is CCCCCCCCOc1ccc(-n2nc3ccccc3n2)c(O)c1.c1cc[nH]c1. The van der Waals surface area contributed by atoms with Crippen LogP contribution in [0.1, 0.15) is 45.4 Å². The standard InChI is InChI=1S/C20H25N3O2.C4H5N/c1-2-3-4-5-6-9-14-25-16-12-13-19(20(24)15-16)23-21-17-10-7-8-11-18(17)22-23;1-2-4-5-3-1/h7-8,10-13,15,24H,2-6,9,14H2,1H3;1-5H. The van der Waals surface area contributed by atoms with Crippen LogP contribution < -0.4 is 4.74 Å². The van der Waals surface area contributed by atoms with Gasteiger partial charge < -0.3 is 14.8 Å². The van der Waals surface area contributed by atoms with Gasteiger partial charge in [-0.3, -0.25) is 0 Å². The van der Waals surface area contributed by atoms with Crippen LogP contribution in [0.5, 0.6) is 11.5 Å². The van der Waals surface area contributed by atoms with Gasteiger partial charge in [-0.25, -0.2) is 0 Å². The van der Waals surface area contributed by atoms with Crippen LogP contribution >= 0.6 is 0 Å². The number of phenolic OH excluding ortho intramolecular Hbond substituents is 1. The van der Waals surface area contributed by atoms with Crippen molar-refractivity contribution in [3.8, 4) is 17.2 Å². The Bertz CT molecular complexity index is 945. The number of rotatable bonds is 9. The van der Waals surface area contributed by atoms with Gasteiger partial charge in [0.25, 0.3) is 0 Å². The van der Waals surface area contributed by atoms with Gasteiger partial charge in [-0.05, 0) is 42.8 Å². The molecule has 6 heteroatoms. The largest absolute Gasteiger partial charge is 0.505 e. The summed E-state index contributed by atoms with van der Waals surface area (Å²) in [5.74, 6) is 0.785. The van der Waals surface area contributed by atoms with Crippen LogP contribution in [-0.4, -0.2) is 31.7 Å². The van der Waals surface area contributed by atoms with Crippen LogP contribution in [0.15, 0.2) is 67.0 Å². The van der Waals surface area contributed by atoms with Crippen molar-refractivity contribution in [1.29, 1.82) is 0 Å². The summed E-state index contributed by atoms with van der Waals surface area (Å²) in [7, 11) is 0. The van der Waals surface area contributed by atoms with Crippen molar-refractivity contribution in [2.75, 3.05) is 6.61 Å². The highest BCUT2D eigenvalue weighted by atomic mass is 16.5. The van der Waals surface area contributed by atoms with Gasteiger partial charge in [0.1, 0.15) is 28.2 Å². The Morgan fingerprint density at radius 2 is 1.53 bits per heavy atom. The van der Waals surface area contributed by atoms with Gasteiger partial charge in [-0.2, -0.15) is 0 Å². The lowest BCUT2D eigenvalue weighted by molar-refractivity contribution is 0.302. The molecule has 0 amide bonds. The molecule has 0 saturated carbocycles. The van der Waals surface area contributed by atoms with Crippen LogP contribution in [0, 0.1) is 0 Å². The highest BCUT2D eigenvalue weighted by molar-refractivity contribution is 5.73. The molecule has 6 nitrogen and oxygen atoms in total. The molecule has 0 spiro atoms. The Morgan fingerprint density at radius 3 is 2.13 bits per heavy atom. The quantitative estimate of drug-likeness (QED) is 0.340. The number of H-pyrrole nitrogens is 1. The molecule has 2 N–H and O–H groups in total. The van der Waals surface area contributed by atoms with Gasteiger partial charge in [0.15, 0.2) is 0 Å². The number of hydrogen-bond acceptors (Lipinski definition) is 4. The monoisotopic (exact) mass is 406 g/mol. The Morgan fingerprint density at radius 1 is 0.867 bits per heavy atom. The van der Waals surface area contributed by atoms with Gasteiger partial charge in [0, 0.05) is 18.5 Å². The molecule has 0 bridgehead atoms. The molecule has 0 radical (unpaired) electrons. The fourth-order valence-corrected chi connectivity index (χ4v) is 3.08. The molecular formula is C24H30N4O2. The molecule has 0 aliphatic rings. The predicted molar refractivity (Wildman–Crippen MR) is 120 cm³/mol. The van der Waals surface area contributed by atoms with E-state index in [1.54, 1.807) is 12.1 Å². The molecule has 2 heterocycles. The van der Waals surface area contributed by atoms with Gasteiger partial charge in [-0.15, -0.1) is 15.0 Å². The summed E-state index contributed by atoms with van der Waals surface area (Å²) in [5.41, 5.74) is 2.14. The molecular weight excluding hydrogens is 376 g/mol. The molecule has 30 heavy (non-hydrogen) atoms. The van der Waals surface area contributed by atoms with Crippen LogP contribution in [0.2, 0.25) is 0 Å². The fourth-order valence-electron chi connectivity index (χ4n) is 3.08. The number of nitrogens with zero attached hydrogens (tertiary/aromatic N) is 3. The van der Waals surface area contributed by atoms with Crippen molar-refractivity contribution in [3.63, 3.8) is 0 Å². The second kappa shape index (κ2) is 11.7. The number of phenols is 1. The first-order chi connectivity index (χ1) is 14.8. The average molecular weight is 407 g/mol. The third-order valence-electron chi connectivity index (χ3n) is 4.71. The normalized spacial score (nSPS) is 10.6. The lowest BCUT2D eigenvalue weighted by atomic mass is 10.1. The number of unbranched alkanes of at least 4 members (excludes halogenated alkanes) is 5. The molecule has 4 rings (SSSR count).